The summed E-state index contributed by atoms with van der Waals surface area (Å²) in [5, 5.41) is 6.97. The maximum Gasteiger partial charge on any atom is 0.161 e. The number of hydrogen-bond acceptors (Lipinski definition) is 2. The van der Waals surface area contributed by atoms with E-state index in [1.54, 1.807) is 6.07 Å². The summed E-state index contributed by atoms with van der Waals surface area (Å²) in [4.78, 5) is 13.1. The number of nitrogens with one attached hydrogen (secondary N) is 1. The summed E-state index contributed by atoms with van der Waals surface area (Å²) in [6.45, 7) is 3.03. The molecule has 31 heavy (non-hydrogen) atoms. The predicted octanol–water partition coefficient (Wildman–Crippen LogP) is 7.30. The van der Waals surface area contributed by atoms with Gasteiger partial charge in [-0.05, 0) is 48.7 Å². The fourth-order valence-corrected chi connectivity index (χ4v) is 5.84. The van der Waals surface area contributed by atoms with Crippen molar-refractivity contribution in [1.29, 1.82) is 0 Å². The number of para-hydroxylation sites is 1. The minimum atomic E-state index is -0.243. The smallest absolute Gasteiger partial charge is 0.161 e. The van der Waals surface area contributed by atoms with E-state index in [0.717, 1.165) is 41.1 Å². The largest absolute Gasteiger partial charge is 0.358 e. The highest BCUT2D eigenvalue weighted by molar-refractivity contribution is 6.42. The van der Waals surface area contributed by atoms with Crippen LogP contribution in [0.2, 0.25) is 10.0 Å². The Balaban J connectivity index is 1.78. The molecule has 1 N–H and O–H groups in total. The van der Waals surface area contributed by atoms with Crippen molar-refractivity contribution in [2.24, 2.45) is 0 Å². The van der Waals surface area contributed by atoms with Crippen molar-refractivity contribution in [1.82, 2.24) is 4.57 Å². The molecular formula is C26H20Cl2N2O. The van der Waals surface area contributed by atoms with Gasteiger partial charge in [0.2, 0.25) is 0 Å². The van der Waals surface area contributed by atoms with Crippen molar-refractivity contribution in [3.05, 3.63) is 87.0 Å². The number of benzene rings is 3. The second-order valence-corrected chi connectivity index (χ2v) is 8.98. The number of rotatable bonds is 2. The number of aryl methyl sites for hydroxylation is 1. The molecule has 2 aliphatic rings. The van der Waals surface area contributed by atoms with Gasteiger partial charge in [0.1, 0.15) is 0 Å². The molecule has 154 valence electrons. The van der Waals surface area contributed by atoms with E-state index in [9.17, 15) is 4.79 Å². The molecule has 0 saturated heterocycles. The Hall–Kier alpha value is -2.75. The van der Waals surface area contributed by atoms with Crippen LogP contribution in [-0.2, 0) is 11.3 Å². The minimum absolute atomic E-state index is 0.186. The molecular weight excluding hydrogens is 427 g/mol. The lowest BCUT2D eigenvalue weighted by atomic mass is 9.79. The van der Waals surface area contributed by atoms with Gasteiger partial charge in [-0.25, -0.2) is 0 Å². The van der Waals surface area contributed by atoms with Crippen molar-refractivity contribution in [2.45, 2.75) is 32.2 Å². The third kappa shape index (κ3) is 2.57. The molecule has 1 aromatic heterocycles. The van der Waals surface area contributed by atoms with Gasteiger partial charge in [0.05, 0.1) is 10.0 Å². The summed E-state index contributed by atoms with van der Waals surface area (Å²) in [5.74, 6) is -0.0577. The molecule has 6 rings (SSSR count). The van der Waals surface area contributed by atoms with Crippen LogP contribution in [0, 0.1) is 0 Å². The number of nitrogens with zero attached hydrogens (tertiary/aromatic N) is 1. The van der Waals surface area contributed by atoms with E-state index in [1.165, 1.54) is 21.8 Å². The first-order chi connectivity index (χ1) is 15.1. The molecule has 1 atom stereocenters. The topological polar surface area (TPSA) is 34.0 Å². The van der Waals surface area contributed by atoms with E-state index in [4.69, 9.17) is 23.2 Å². The number of carbonyl (C=O) groups excluding carboxylic acids is 1. The average Bonchev–Trinajstić information content (AvgIpc) is 3.31. The molecule has 3 nitrogen and oxygen atoms in total. The predicted molar refractivity (Wildman–Crippen MR) is 128 cm³/mol. The highest BCUT2D eigenvalue weighted by Crippen LogP contribution is 2.52. The van der Waals surface area contributed by atoms with E-state index in [0.29, 0.717) is 16.5 Å². The number of ketones is 1. The zero-order valence-electron chi connectivity index (χ0n) is 17.0. The zero-order valence-corrected chi connectivity index (χ0v) is 18.5. The molecule has 1 aliphatic carbocycles. The standard InChI is InChI=1S/C26H20Cl2N2O/c1-2-30-19-9-4-3-6-14(19)22-20(30)12-10-18-25(22)23(15-7-5-8-16(27)26(15)28)24-17(29-18)11-13-21(24)31/h3-10,12,23,29H,2,11,13H2,1H3. The number of fused-ring (bicyclic) bond motifs is 5. The summed E-state index contributed by atoms with van der Waals surface area (Å²) >= 11 is 13.2. The molecule has 1 unspecified atom stereocenters. The number of Topliss-reactive ketones (excluding diaryl/α,β-unsaturated/α-hetero) is 1. The Morgan fingerprint density at radius 3 is 2.68 bits per heavy atom. The Bertz CT molecular complexity index is 1450. The third-order valence-electron chi connectivity index (χ3n) is 6.68. The summed E-state index contributed by atoms with van der Waals surface area (Å²) in [5.41, 5.74) is 7.25. The van der Waals surface area contributed by atoms with Crippen LogP contribution in [0.25, 0.3) is 21.8 Å². The molecule has 2 heterocycles. The lowest BCUT2D eigenvalue weighted by Crippen LogP contribution is -2.20. The van der Waals surface area contributed by atoms with Crippen LogP contribution < -0.4 is 5.32 Å². The zero-order chi connectivity index (χ0) is 21.3. The first-order valence-corrected chi connectivity index (χ1v) is 11.4. The molecule has 5 heteroatoms. The van der Waals surface area contributed by atoms with Crippen LogP contribution in [0.3, 0.4) is 0 Å². The molecule has 1 aliphatic heterocycles. The van der Waals surface area contributed by atoms with Gasteiger partial charge in [0, 0.05) is 57.6 Å². The van der Waals surface area contributed by atoms with Crippen LogP contribution in [0.4, 0.5) is 5.69 Å². The molecule has 0 amide bonds. The molecule has 3 aromatic carbocycles. The van der Waals surface area contributed by atoms with Crippen LogP contribution in [0.5, 0.6) is 0 Å². The maximum atomic E-state index is 13.1. The fourth-order valence-electron chi connectivity index (χ4n) is 5.42. The number of allylic oxidation sites excluding steroid dienone is 2. The van der Waals surface area contributed by atoms with Crippen LogP contribution >= 0.6 is 23.2 Å². The number of carbonyl (C=O) groups is 1. The van der Waals surface area contributed by atoms with Crippen molar-refractivity contribution < 1.29 is 4.79 Å². The second-order valence-electron chi connectivity index (χ2n) is 8.20. The SMILES string of the molecule is CCn1c2ccccc2c2c3c(ccc21)NC1=C(C(=O)CC1)C3c1cccc(Cl)c1Cl. The second kappa shape index (κ2) is 6.88. The highest BCUT2D eigenvalue weighted by Gasteiger charge is 2.39. The normalized spacial score (nSPS) is 17.9. The van der Waals surface area contributed by atoms with Crippen molar-refractivity contribution >= 4 is 56.5 Å². The molecule has 0 spiro atoms. The molecule has 0 radical (unpaired) electrons. The van der Waals surface area contributed by atoms with Gasteiger partial charge in [0.25, 0.3) is 0 Å². The van der Waals surface area contributed by atoms with E-state index >= 15 is 0 Å². The molecule has 0 fully saturated rings. The van der Waals surface area contributed by atoms with Crippen molar-refractivity contribution in [3.63, 3.8) is 0 Å². The Morgan fingerprint density at radius 2 is 1.84 bits per heavy atom. The Morgan fingerprint density at radius 1 is 1.00 bits per heavy atom. The molecule has 0 bridgehead atoms. The maximum absolute atomic E-state index is 13.1. The average molecular weight is 447 g/mol. The summed E-state index contributed by atoms with van der Waals surface area (Å²) < 4.78 is 2.34. The monoisotopic (exact) mass is 446 g/mol. The lowest BCUT2D eigenvalue weighted by molar-refractivity contribution is -0.115. The van der Waals surface area contributed by atoms with E-state index in [1.807, 2.05) is 12.1 Å². The van der Waals surface area contributed by atoms with Gasteiger partial charge in [-0.1, -0.05) is 53.5 Å². The van der Waals surface area contributed by atoms with Gasteiger partial charge < -0.3 is 9.88 Å². The van der Waals surface area contributed by atoms with Crippen molar-refractivity contribution in [3.8, 4) is 0 Å². The Labute approximate surface area is 190 Å². The van der Waals surface area contributed by atoms with Gasteiger partial charge in [0.15, 0.2) is 5.78 Å². The first-order valence-electron chi connectivity index (χ1n) is 10.6. The Kier molecular flexibility index (Phi) is 4.21. The van der Waals surface area contributed by atoms with Crippen LogP contribution in [0.15, 0.2) is 65.9 Å². The number of aromatic nitrogens is 1. The molecule has 4 aromatic rings. The van der Waals surface area contributed by atoms with E-state index < -0.39 is 0 Å². The summed E-state index contributed by atoms with van der Waals surface area (Å²) in [7, 11) is 0. The number of halogens is 2. The van der Waals surface area contributed by atoms with E-state index in [2.05, 4.69) is 53.2 Å². The summed E-state index contributed by atoms with van der Waals surface area (Å²) in [6, 6.07) is 18.5. The number of anilines is 1. The van der Waals surface area contributed by atoms with Gasteiger partial charge in [-0.2, -0.15) is 0 Å². The number of hydrogen-bond donors (Lipinski definition) is 1. The van der Waals surface area contributed by atoms with Crippen LogP contribution in [-0.4, -0.2) is 10.4 Å². The fraction of sp³-hybridized carbons (Fsp3) is 0.192. The van der Waals surface area contributed by atoms with Gasteiger partial charge in [-0.3, -0.25) is 4.79 Å². The lowest BCUT2D eigenvalue weighted by Gasteiger charge is -2.30. The third-order valence-corrected chi connectivity index (χ3v) is 7.51. The van der Waals surface area contributed by atoms with Crippen LogP contribution in [0.1, 0.15) is 36.8 Å². The van der Waals surface area contributed by atoms with Gasteiger partial charge >= 0.3 is 0 Å². The highest BCUT2D eigenvalue weighted by atomic mass is 35.5. The van der Waals surface area contributed by atoms with E-state index in [-0.39, 0.29) is 11.7 Å². The quantitative estimate of drug-likeness (QED) is 0.350. The summed E-state index contributed by atoms with van der Waals surface area (Å²) in [6.07, 6.45) is 1.26. The van der Waals surface area contributed by atoms with Crippen molar-refractivity contribution in [2.75, 3.05) is 5.32 Å². The molecule has 0 saturated carbocycles. The minimum Gasteiger partial charge on any atom is -0.358 e. The first kappa shape index (κ1) is 19.0. The van der Waals surface area contributed by atoms with Gasteiger partial charge in [-0.15, -0.1) is 0 Å².